The van der Waals surface area contributed by atoms with Crippen LogP contribution in [0.25, 0.3) is 0 Å². The molecule has 21 heavy (non-hydrogen) atoms. The van der Waals surface area contributed by atoms with Crippen LogP contribution in [0.3, 0.4) is 0 Å². The highest BCUT2D eigenvalue weighted by atomic mass is 79.9. The first-order valence-electron chi connectivity index (χ1n) is 7.21. The number of morpholine rings is 2. The molecule has 2 heterocycles. The molecule has 0 aromatic heterocycles. The molecule has 0 aliphatic carbocycles. The average Bonchev–Trinajstić information content (AvgIpc) is 2.56. The lowest BCUT2D eigenvalue weighted by Crippen LogP contribution is -2.55. The van der Waals surface area contributed by atoms with Crippen molar-refractivity contribution >= 4 is 21.8 Å². The van der Waals surface area contributed by atoms with Crippen LogP contribution in [0, 0.1) is 0 Å². The van der Waals surface area contributed by atoms with Crippen LogP contribution >= 0.6 is 15.9 Å². The molecule has 0 spiro atoms. The Labute approximate surface area is 132 Å². The fourth-order valence-electron chi connectivity index (χ4n) is 2.67. The minimum absolute atomic E-state index is 0.0553. The van der Waals surface area contributed by atoms with Crippen molar-refractivity contribution in [2.45, 2.75) is 12.1 Å². The fourth-order valence-corrected chi connectivity index (χ4v) is 2.94. The van der Waals surface area contributed by atoms with Crippen molar-refractivity contribution in [3.63, 3.8) is 0 Å². The van der Waals surface area contributed by atoms with Gasteiger partial charge in [-0.3, -0.25) is 4.79 Å². The van der Waals surface area contributed by atoms with E-state index in [4.69, 9.17) is 9.47 Å². The topological polar surface area (TPSA) is 50.8 Å². The smallest absolute Gasteiger partial charge is 0.242 e. The fraction of sp³-hybridized carbons (Fsp3) is 0.533. The van der Waals surface area contributed by atoms with Gasteiger partial charge < -0.3 is 19.7 Å². The van der Waals surface area contributed by atoms with E-state index in [1.54, 1.807) is 0 Å². The van der Waals surface area contributed by atoms with E-state index in [2.05, 4.69) is 21.2 Å². The van der Waals surface area contributed by atoms with Crippen LogP contribution in [0.4, 0.5) is 0 Å². The van der Waals surface area contributed by atoms with E-state index in [1.165, 1.54) is 0 Å². The second-order valence-corrected chi connectivity index (χ2v) is 6.19. The zero-order valence-electron chi connectivity index (χ0n) is 11.8. The summed E-state index contributed by atoms with van der Waals surface area (Å²) in [6.45, 7) is 3.67. The van der Waals surface area contributed by atoms with Crippen molar-refractivity contribution in [3.8, 4) is 0 Å². The molecular weight excluding hydrogens is 336 g/mol. The molecule has 2 fully saturated rings. The minimum Gasteiger partial charge on any atom is -0.378 e. The lowest BCUT2D eigenvalue weighted by Gasteiger charge is -2.36. The van der Waals surface area contributed by atoms with Gasteiger partial charge in [0.15, 0.2) is 0 Å². The quantitative estimate of drug-likeness (QED) is 0.870. The van der Waals surface area contributed by atoms with E-state index in [1.807, 2.05) is 29.2 Å². The summed E-state index contributed by atoms with van der Waals surface area (Å²) >= 11 is 3.43. The lowest BCUT2D eigenvalue weighted by molar-refractivity contribution is -0.144. The number of amides is 1. The van der Waals surface area contributed by atoms with Crippen LogP contribution in [0.15, 0.2) is 28.7 Å². The number of carbonyl (C=O) groups excluding carboxylic acids is 1. The molecule has 2 atom stereocenters. The number of benzene rings is 1. The number of hydrogen-bond donors (Lipinski definition) is 1. The Morgan fingerprint density at radius 2 is 2.10 bits per heavy atom. The Kier molecular flexibility index (Phi) is 4.90. The Hall–Kier alpha value is -0.950. The monoisotopic (exact) mass is 354 g/mol. The highest BCUT2D eigenvalue weighted by molar-refractivity contribution is 9.10. The molecule has 0 saturated carbocycles. The first-order valence-corrected chi connectivity index (χ1v) is 8.00. The van der Waals surface area contributed by atoms with Gasteiger partial charge in [-0.25, -0.2) is 0 Å². The van der Waals surface area contributed by atoms with Crippen molar-refractivity contribution in [1.29, 1.82) is 0 Å². The van der Waals surface area contributed by atoms with Gasteiger partial charge in [-0.05, 0) is 17.7 Å². The molecule has 3 rings (SSSR count). The maximum atomic E-state index is 12.5. The Bertz CT molecular complexity index is 488. The molecule has 2 unspecified atom stereocenters. The third kappa shape index (κ3) is 3.63. The van der Waals surface area contributed by atoms with E-state index < -0.39 is 0 Å². The van der Waals surface area contributed by atoms with Gasteiger partial charge in [-0.15, -0.1) is 0 Å². The standard InChI is InChI=1S/C15H19BrN2O3/c16-12-3-1-11(2-4-12)14-9-18(6-8-21-14)15(19)13-10-20-7-5-17-13/h1-4,13-14,17H,5-10H2. The summed E-state index contributed by atoms with van der Waals surface area (Å²) in [5.74, 6) is 0.111. The summed E-state index contributed by atoms with van der Waals surface area (Å²) in [4.78, 5) is 14.4. The summed E-state index contributed by atoms with van der Waals surface area (Å²) in [6.07, 6.45) is -0.0553. The number of halogens is 1. The van der Waals surface area contributed by atoms with Gasteiger partial charge in [-0.1, -0.05) is 28.1 Å². The molecule has 1 aromatic rings. The Morgan fingerprint density at radius 1 is 1.29 bits per heavy atom. The maximum absolute atomic E-state index is 12.5. The molecule has 114 valence electrons. The van der Waals surface area contributed by atoms with Crippen LogP contribution in [-0.4, -0.2) is 56.3 Å². The molecule has 5 nitrogen and oxygen atoms in total. The van der Waals surface area contributed by atoms with Gasteiger partial charge in [0, 0.05) is 17.6 Å². The zero-order valence-corrected chi connectivity index (χ0v) is 13.3. The predicted molar refractivity (Wildman–Crippen MR) is 82.0 cm³/mol. The van der Waals surface area contributed by atoms with Gasteiger partial charge in [0.2, 0.25) is 5.91 Å². The zero-order chi connectivity index (χ0) is 14.7. The largest absolute Gasteiger partial charge is 0.378 e. The molecule has 0 radical (unpaired) electrons. The van der Waals surface area contributed by atoms with Crippen LogP contribution in [0.5, 0.6) is 0 Å². The van der Waals surface area contributed by atoms with Gasteiger partial charge in [0.05, 0.1) is 26.4 Å². The highest BCUT2D eigenvalue weighted by Gasteiger charge is 2.30. The number of ether oxygens (including phenoxy) is 2. The Morgan fingerprint density at radius 3 is 2.81 bits per heavy atom. The first-order chi connectivity index (χ1) is 10.2. The van der Waals surface area contributed by atoms with Crippen LogP contribution in [0.2, 0.25) is 0 Å². The van der Waals surface area contributed by atoms with Crippen molar-refractivity contribution in [2.24, 2.45) is 0 Å². The normalized spacial score (nSPS) is 26.6. The van der Waals surface area contributed by atoms with E-state index >= 15 is 0 Å². The van der Waals surface area contributed by atoms with Gasteiger partial charge in [-0.2, -0.15) is 0 Å². The molecule has 1 N–H and O–H groups in total. The SMILES string of the molecule is O=C(C1COCCN1)N1CCOC(c2ccc(Br)cc2)C1. The summed E-state index contributed by atoms with van der Waals surface area (Å²) in [5.41, 5.74) is 1.10. The summed E-state index contributed by atoms with van der Waals surface area (Å²) in [7, 11) is 0. The van der Waals surface area contributed by atoms with Gasteiger partial charge >= 0.3 is 0 Å². The summed E-state index contributed by atoms with van der Waals surface area (Å²) < 4.78 is 12.2. The molecule has 1 amide bonds. The van der Waals surface area contributed by atoms with Crippen LogP contribution in [-0.2, 0) is 14.3 Å². The highest BCUT2D eigenvalue weighted by Crippen LogP contribution is 2.24. The van der Waals surface area contributed by atoms with E-state index in [0.29, 0.717) is 32.9 Å². The summed E-state index contributed by atoms with van der Waals surface area (Å²) in [5, 5.41) is 3.22. The number of nitrogens with zero attached hydrogens (tertiary/aromatic N) is 1. The van der Waals surface area contributed by atoms with E-state index in [0.717, 1.165) is 16.6 Å². The maximum Gasteiger partial charge on any atom is 0.242 e. The predicted octanol–water partition coefficient (Wildman–Crippen LogP) is 1.34. The second kappa shape index (κ2) is 6.87. The molecular formula is C15H19BrN2O3. The third-order valence-electron chi connectivity index (χ3n) is 3.84. The molecule has 2 aliphatic rings. The van der Waals surface area contributed by atoms with Crippen LogP contribution < -0.4 is 5.32 Å². The number of rotatable bonds is 2. The molecule has 0 bridgehead atoms. The van der Waals surface area contributed by atoms with Crippen molar-refractivity contribution in [2.75, 3.05) is 39.5 Å². The van der Waals surface area contributed by atoms with Gasteiger partial charge in [0.25, 0.3) is 0 Å². The van der Waals surface area contributed by atoms with Gasteiger partial charge in [0.1, 0.15) is 12.1 Å². The van der Waals surface area contributed by atoms with E-state index in [-0.39, 0.29) is 18.1 Å². The van der Waals surface area contributed by atoms with Crippen molar-refractivity contribution < 1.29 is 14.3 Å². The van der Waals surface area contributed by atoms with Crippen LogP contribution in [0.1, 0.15) is 11.7 Å². The molecule has 1 aromatic carbocycles. The molecule has 2 aliphatic heterocycles. The number of nitrogens with one attached hydrogen (secondary N) is 1. The van der Waals surface area contributed by atoms with E-state index in [9.17, 15) is 4.79 Å². The summed E-state index contributed by atoms with van der Waals surface area (Å²) in [6, 6.07) is 7.84. The second-order valence-electron chi connectivity index (χ2n) is 5.28. The minimum atomic E-state index is -0.220. The van der Waals surface area contributed by atoms with Crippen molar-refractivity contribution in [3.05, 3.63) is 34.3 Å². The Balaban J connectivity index is 1.64. The molecule has 6 heteroatoms. The lowest BCUT2D eigenvalue weighted by atomic mass is 10.1. The number of hydrogen-bond acceptors (Lipinski definition) is 4. The number of carbonyl (C=O) groups is 1. The average molecular weight is 355 g/mol. The first kappa shape index (κ1) is 15.0. The molecule has 2 saturated heterocycles. The van der Waals surface area contributed by atoms with Crippen molar-refractivity contribution in [1.82, 2.24) is 10.2 Å². The third-order valence-corrected chi connectivity index (χ3v) is 4.37.